The van der Waals surface area contributed by atoms with Gasteiger partial charge in [0.1, 0.15) is 11.5 Å². The first kappa shape index (κ1) is 28.7. The van der Waals surface area contributed by atoms with Gasteiger partial charge < -0.3 is 9.47 Å². The second kappa shape index (κ2) is 16.1. The smallest absolute Gasteiger partial charge is 0.119 e. The monoisotopic (exact) mass is 504 g/mol. The number of unbranched alkanes of at least 4 members (excludes halogenated alkanes) is 2. The van der Waals surface area contributed by atoms with Gasteiger partial charge in [-0.05, 0) is 86.2 Å². The molecule has 0 unspecified atom stereocenters. The normalized spacial score (nSPS) is 12.2. The Balaban J connectivity index is 1.56. The molecule has 0 saturated carbocycles. The Morgan fingerprint density at radius 3 is 2.37 bits per heavy atom. The minimum Gasteiger partial charge on any atom is -0.494 e. The van der Waals surface area contributed by atoms with Crippen LogP contribution in [0, 0.1) is 23.7 Å². The Morgan fingerprint density at radius 2 is 1.66 bits per heavy atom. The second-order valence-electron chi connectivity index (χ2n) is 9.44. The summed E-state index contributed by atoms with van der Waals surface area (Å²) in [6, 6.07) is 14.2. The lowest BCUT2D eigenvalue weighted by molar-refractivity contribution is 0.193. The van der Waals surface area contributed by atoms with Crippen molar-refractivity contribution in [3.8, 4) is 29.4 Å². The minimum absolute atomic E-state index is 0.563. The summed E-state index contributed by atoms with van der Waals surface area (Å²) in [6.07, 6.45) is 15.1. The largest absolute Gasteiger partial charge is 0.494 e. The Bertz CT molecular complexity index is 1270. The zero-order valence-electron chi connectivity index (χ0n) is 23.1. The molecule has 2 nitrogen and oxygen atoms in total. The Kier molecular flexibility index (Phi) is 12.1. The summed E-state index contributed by atoms with van der Waals surface area (Å²) in [5.74, 6) is 14.8. The van der Waals surface area contributed by atoms with Gasteiger partial charge in [0.05, 0.1) is 13.2 Å². The molecule has 0 fully saturated rings. The summed E-state index contributed by atoms with van der Waals surface area (Å²) in [5, 5.41) is 0. The number of rotatable bonds is 12. The zero-order chi connectivity index (χ0) is 27.0. The van der Waals surface area contributed by atoms with Gasteiger partial charge in [-0.2, -0.15) is 0 Å². The Labute approximate surface area is 230 Å². The first-order chi connectivity index (χ1) is 18.6. The van der Waals surface area contributed by atoms with Crippen molar-refractivity contribution in [1.82, 2.24) is 0 Å². The fourth-order valence-electron chi connectivity index (χ4n) is 4.12. The molecular formula is C36H40O2. The lowest BCUT2D eigenvalue weighted by Gasteiger charge is -2.11. The van der Waals surface area contributed by atoms with Gasteiger partial charge in [0.15, 0.2) is 0 Å². The second-order valence-corrected chi connectivity index (χ2v) is 9.44. The third-order valence-electron chi connectivity index (χ3n) is 6.46. The number of allylic oxidation sites excluding steroid dienone is 5. The van der Waals surface area contributed by atoms with E-state index in [4.69, 9.17) is 9.47 Å². The van der Waals surface area contributed by atoms with Crippen LogP contribution in [0.5, 0.6) is 5.75 Å². The number of hydrogen-bond donors (Lipinski definition) is 0. The fraction of sp³-hybridized carbons (Fsp3) is 0.333. The number of benzene rings is 2. The molecule has 0 amide bonds. The maximum Gasteiger partial charge on any atom is 0.119 e. The molecule has 0 spiro atoms. The van der Waals surface area contributed by atoms with Crippen LogP contribution in [0.1, 0.15) is 81.0 Å². The molecule has 2 aromatic carbocycles. The highest BCUT2D eigenvalue weighted by molar-refractivity contribution is 5.52. The van der Waals surface area contributed by atoms with Gasteiger partial charge in [-0.15, -0.1) is 0 Å². The van der Waals surface area contributed by atoms with E-state index in [-0.39, 0.29) is 0 Å². The van der Waals surface area contributed by atoms with Gasteiger partial charge in [0.2, 0.25) is 0 Å². The highest BCUT2D eigenvalue weighted by Crippen LogP contribution is 2.22. The predicted molar refractivity (Wildman–Crippen MR) is 160 cm³/mol. The maximum atomic E-state index is 5.78. The summed E-state index contributed by atoms with van der Waals surface area (Å²) < 4.78 is 11.2. The first-order valence-corrected chi connectivity index (χ1v) is 13.8. The van der Waals surface area contributed by atoms with Gasteiger partial charge in [0.25, 0.3) is 0 Å². The van der Waals surface area contributed by atoms with Crippen LogP contribution < -0.4 is 4.74 Å². The van der Waals surface area contributed by atoms with E-state index < -0.39 is 0 Å². The van der Waals surface area contributed by atoms with Gasteiger partial charge in [0, 0.05) is 28.7 Å². The van der Waals surface area contributed by atoms with Crippen molar-refractivity contribution in [2.45, 2.75) is 65.2 Å². The zero-order valence-corrected chi connectivity index (χ0v) is 23.1. The summed E-state index contributed by atoms with van der Waals surface area (Å²) in [5.41, 5.74) is 7.08. The summed E-state index contributed by atoms with van der Waals surface area (Å²) >= 11 is 0. The van der Waals surface area contributed by atoms with Crippen LogP contribution in [0.15, 0.2) is 90.8 Å². The Morgan fingerprint density at radius 1 is 0.868 bits per heavy atom. The van der Waals surface area contributed by atoms with E-state index in [1.54, 1.807) is 11.6 Å². The highest BCUT2D eigenvalue weighted by atomic mass is 16.5. The molecule has 196 valence electrons. The van der Waals surface area contributed by atoms with E-state index in [1.165, 1.54) is 36.8 Å². The van der Waals surface area contributed by atoms with Crippen molar-refractivity contribution >= 4 is 0 Å². The molecule has 2 aromatic rings. The van der Waals surface area contributed by atoms with Gasteiger partial charge >= 0.3 is 0 Å². The third kappa shape index (κ3) is 9.88. The molecule has 0 bridgehead atoms. The number of ether oxygens (including phenoxy) is 2. The van der Waals surface area contributed by atoms with Crippen LogP contribution in [-0.4, -0.2) is 13.2 Å². The molecule has 3 rings (SSSR count). The molecule has 0 heterocycles. The van der Waals surface area contributed by atoms with Gasteiger partial charge in [-0.1, -0.05) is 81.3 Å². The van der Waals surface area contributed by atoms with Crippen LogP contribution in [0.4, 0.5) is 0 Å². The van der Waals surface area contributed by atoms with Crippen molar-refractivity contribution in [2.75, 3.05) is 13.2 Å². The lowest BCUT2D eigenvalue weighted by Crippen LogP contribution is -2.02. The molecule has 0 saturated heterocycles. The quantitative estimate of drug-likeness (QED) is 0.125. The van der Waals surface area contributed by atoms with E-state index in [1.807, 2.05) is 24.3 Å². The summed E-state index contributed by atoms with van der Waals surface area (Å²) in [4.78, 5) is 0. The van der Waals surface area contributed by atoms with Crippen molar-refractivity contribution in [3.05, 3.63) is 113 Å². The average molecular weight is 505 g/mol. The maximum absolute atomic E-state index is 5.78. The van der Waals surface area contributed by atoms with Crippen molar-refractivity contribution in [1.29, 1.82) is 0 Å². The summed E-state index contributed by atoms with van der Waals surface area (Å²) in [7, 11) is 0. The van der Waals surface area contributed by atoms with Crippen molar-refractivity contribution < 1.29 is 9.47 Å². The van der Waals surface area contributed by atoms with Crippen LogP contribution in [-0.2, 0) is 11.2 Å². The molecular weight excluding hydrogens is 464 g/mol. The highest BCUT2D eigenvalue weighted by Gasteiger charge is 2.05. The molecule has 0 N–H and O–H groups in total. The van der Waals surface area contributed by atoms with E-state index in [0.717, 1.165) is 48.1 Å². The molecule has 2 heteroatoms. The predicted octanol–water partition coefficient (Wildman–Crippen LogP) is 8.71. The molecule has 0 radical (unpaired) electrons. The Hall–Kier alpha value is -3.88. The molecule has 0 aromatic heterocycles. The first-order valence-electron chi connectivity index (χ1n) is 13.8. The van der Waals surface area contributed by atoms with Crippen molar-refractivity contribution in [2.24, 2.45) is 0 Å². The SMILES string of the molecule is C=CC(=C)OCCCOc1ccc(C#Cc2ccc(C#CC3=CC=C(CCCCC)CC3)cc2CC)cc1. The van der Waals surface area contributed by atoms with E-state index in [2.05, 4.69) is 81.0 Å². The van der Waals surface area contributed by atoms with Crippen molar-refractivity contribution in [3.63, 3.8) is 0 Å². The third-order valence-corrected chi connectivity index (χ3v) is 6.46. The molecule has 0 atom stereocenters. The molecule has 0 aliphatic heterocycles. The van der Waals surface area contributed by atoms with Crippen LogP contribution >= 0.6 is 0 Å². The topological polar surface area (TPSA) is 18.5 Å². The summed E-state index contributed by atoms with van der Waals surface area (Å²) in [6.45, 7) is 12.9. The molecule has 1 aliphatic carbocycles. The fourth-order valence-corrected chi connectivity index (χ4v) is 4.12. The van der Waals surface area contributed by atoms with Crippen LogP contribution in [0.3, 0.4) is 0 Å². The van der Waals surface area contributed by atoms with Gasteiger partial charge in [-0.3, -0.25) is 0 Å². The number of hydrogen-bond acceptors (Lipinski definition) is 2. The lowest BCUT2D eigenvalue weighted by atomic mass is 9.94. The van der Waals surface area contributed by atoms with E-state index in [0.29, 0.717) is 19.0 Å². The van der Waals surface area contributed by atoms with Crippen LogP contribution in [0.2, 0.25) is 0 Å². The van der Waals surface area contributed by atoms with Crippen LogP contribution in [0.25, 0.3) is 0 Å². The molecule has 1 aliphatic rings. The van der Waals surface area contributed by atoms with Gasteiger partial charge in [-0.25, -0.2) is 0 Å². The molecule has 38 heavy (non-hydrogen) atoms. The van der Waals surface area contributed by atoms with E-state index in [9.17, 15) is 0 Å². The standard InChI is InChI=1S/C36H40O2/c1-5-8-9-11-30-12-14-31(15-13-30)16-17-33-19-23-35(34(7-3)28-33)22-18-32-20-24-36(25-21-32)38-27-10-26-37-29(4)6-2/h6,12,14,19-21,23-25,28H,2,4-5,7-11,13,15,26-27H2,1,3H3. The average Bonchev–Trinajstić information content (AvgIpc) is 2.96. The number of aryl methyl sites for hydroxylation is 1. The van der Waals surface area contributed by atoms with E-state index >= 15 is 0 Å². The minimum atomic E-state index is 0.563.